The first-order valence-electron chi connectivity index (χ1n) is 5.90. The summed E-state index contributed by atoms with van der Waals surface area (Å²) in [6.07, 6.45) is -0.0760. The second kappa shape index (κ2) is 7.34. The van der Waals surface area contributed by atoms with Gasteiger partial charge in [0.25, 0.3) is 5.91 Å². The Labute approximate surface area is 116 Å². The summed E-state index contributed by atoms with van der Waals surface area (Å²) < 4.78 is 10.2. The molecule has 0 saturated heterocycles. The first-order chi connectivity index (χ1) is 9.54. The molecule has 7 heteroatoms. The number of ether oxygens (including phenoxy) is 2. The van der Waals surface area contributed by atoms with Crippen molar-refractivity contribution in [1.82, 2.24) is 5.32 Å². The molecule has 7 nitrogen and oxygen atoms in total. The Morgan fingerprint density at radius 3 is 2.50 bits per heavy atom. The third kappa shape index (κ3) is 3.61. The number of carbonyl (C=O) groups is 2. The van der Waals surface area contributed by atoms with Gasteiger partial charge in [-0.15, -0.1) is 0 Å². The Morgan fingerprint density at radius 1 is 1.30 bits per heavy atom. The van der Waals surface area contributed by atoms with E-state index in [9.17, 15) is 9.59 Å². The first-order valence-corrected chi connectivity index (χ1v) is 5.90. The fraction of sp³-hybridized carbons (Fsp3) is 0.385. The number of methoxy groups -OCH3 is 2. The molecule has 20 heavy (non-hydrogen) atoms. The van der Waals surface area contributed by atoms with E-state index >= 15 is 0 Å². The van der Waals surface area contributed by atoms with Crippen LogP contribution in [0.25, 0.3) is 0 Å². The van der Waals surface area contributed by atoms with Gasteiger partial charge in [-0.1, -0.05) is 6.07 Å². The maximum Gasteiger partial charge on any atom is 0.326 e. The number of aliphatic hydroxyl groups is 1. The Bertz CT molecular complexity index is 488. The molecule has 1 amide bonds. The van der Waals surface area contributed by atoms with Gasteiger partial charge in [-0.05, 0) is 12.1 Å². The summed E-state index contributed by atoms with van der Waals surface area (Å²) in [6.45, 7) is -0.341. The van der Waals surface area contributed by atoms with Gasteiger partial charge < -0.3 is 25.0 Å². The van der Waals surface area contributed by atoms with E-state index in [4.69, 9.17) is 19.7 Å². The largest absolute Gasteiger partial charge is 0.493 e. The number of carbonyl (C=O) groups excluding carboxylic acids is 1. The molecule has 0 aliphatic heterocycles. The fourth-order valence-corrected chi connectivity index (χ4v) is 1.69. The third-order valence-corrected chi connectivity index (χ3v) is 2.67. The standard InChI is InChI=1S/C13H17NO6/c1-19-10-5-3-4-8(11(10)20-2)12(16)14-9(6-7-15)13(17)18/h3-5,9,15H,6-7H2,1-2H3,(H,14,16)(H,17,18). The van der Waals surface area contributed by atoms with Crippen LogP contribution in [0.1, 0.15) is 16.8 Å². The van der Waals surface area contributed by atoms with E-state index in [1.165, 1.54) is 20.3 Å². The summed E-state index contributed by atoms with van der Waals surface area (Å²) in [5.41, 5.74) is 0.163. The van der Waals surface area contributed by atoms with Gasteiger partial charge in [-0.2, -0.15) is 0 Å². The number of hydrogen-bond acceptors (Lipinski definition) is 5. The van der Waals surface area contributed by atoms with Gasteiger partial charge in [0.1, 0.15) is 6.04 Å². The van der Waals surface area contributed by atoms with Gasteiger partial charge >= 0.3 is 5.97 Å². The van der Waals surface area contributed by atoms with Crippen LogP contribution in [0.15, 0.2) is 18.2 Å². The molecule has 1 rings (SSSR count). The van der Waals surface area contributed by atoms with E-state index in [-0.39, 0.29) is 24.3 Å². The molecular weight excluding hydrogens is 266 g/mol. The molecule has 3 N–H and O–H groups in total. The monoisotopic (exact) mass is 283 g/mol. The summed E-state index contributed by atoms with van der Waals surface area (Å²) in [4.78, 5) is 23.0. The summed E-state index contributed by atoms with van der Waals surface area (Å²) in [5, 5.41) is 20.1. The molecule has 0 aliphatic carbocycles. The zero-order chi connectivity index (χ0) is 15.1. The molecule has 1 aromatic rings. The van der Waals surface area contributed by atoms with Crippen molar-refractivity contribution in [2.45, 2.75) is 12.5 Å². The third-order valence-electron chi connectivity index (χ3n) is 2.67. The number of nitrogens with one attached hydrogen (secondary N) is 1. The maximum atomic E-state index is 12.1. The molecule has 0 fully saturated rings. The second-order valence-corrected chi connectivity index (χ2v) is 3.92. The number of rotatable bonds is 7. The predicted molar refractivity (Wildman–Crippen MR) is 70.1 cm³/mol. The van der Waals surface area contributed by atoms with Gasteiger partial charge in [-0.3, -0.25) is 4.79 Å². The number of amides is 1. The average molecular weight is 283 g/mol. The lowest BCUT2D eigenvalue weighted by Crippen LogP contribution is -2.41. The topological polar surface area (TPSA) is 105 Å². The number of carboxylic acid groups (broad SMARTS) is 1. The van der Waals surface area contributed by atoms with Crippen molar-refractivity contribution in [1.29, 1.82) is 0 Å². The van der Waals surface area contributed by atoms with Crippen LogP contribution >= 0.6 is 0 Å². The predicted octanol–water partition coefficient (Wildman–Crippen LogP) is 0.269. The minimum absolute atomic E-state index is 0.0760. The molecule has 0 aliphatic rings. The van der Waals surface area contributed by atoms with Crippen LogP contribution in [0.5, 0.6) is 11.5 Å². The molecule has 1 atom stereocenters. The Morgan fingerprint density at radius 2 is 2.00 bits per heavy atom. The van der Waals surface area contributed by atoms with Crippen LogP contribution < -0.4 is 14.8 Å². The number of aliphatic carboxylic acids is 1. The lowest BCUT2D eigenvalue weighted by atomic mass is 10.1. The van der Waals surface area contributed by atoms with Gasteiger partial charge in [-0.25, -0.2) is 4.79 Å². The van der Waals surface area contributed by atoms with E-state index in [1.807, 2.05) is 0 Å². The Balaban J connectivity index is 2.99. The van der Waals surface area contributed by atoms with Crippen molar-refractivity contribution in [2.75, 3.05) is 20.8 Å². The van der Waals surface area contributed by atoms with E-state index in [1.54, 1.807) is 12.1 Å². The minimum atomic E-state index is -1.21. The van der Waals surface area contributed by atoms with Crippen LogP contribution in [0.3, 0.4) is 0 Å². The van der Waals surface area contributed by atoms with Gasteiger partial charge in [0.05, 0.1) is 19.8 Å². The summed E-state index contributed by atoms with van der Waals surface area (Å²) in [5.74, 6) is -1.23. The van der Waals surface area contributed by atoms with E-state index < -0.39 is 17.9 Å². The number of benzene rings is 1. The molecule has 1 aromatic carbocycles. The summed E-state index contributed by atoms with van der Waals surface area (Å²) in [6, 6.07) is 3.55. The van der Waals surface area contributed by atoms with Crippen LogP contribution in [0.2, 0.25) is 0 Å². The highest BCUT2D eigenvalue weighted by atomic mass is 16.5. The smallest absolute Gasteiger partial charge is 0.326 e. The minimum Gasteiger partial charge on any atom is -0.493 e. The normalized spacial score (nSPS) is 11.6. The summed E-state index contributed by atoms with van der Waals surface area (Å²) >= 11 is 0. The zero-order valence-corrected chi connectivity index (χ0v) is 11.3. The van der Waals surface area contributed by atoms with Gasteiger partial charge in [0.2, 0.25) is 0 Å². The lowest BCUT2D eigenvalue weighted by molar-refractivity contribution is -0.139. The number of aliphatic hydroxyl groups excluding tert-OH is 1. The molecule has 110 valence electrons. The van der Waals surface area contributed by atoms with Crippen LogP contribution in [-0.2, 0) is 4.79 Å². The number of carboxylic acids is 1. The van der Waals surface area contributed by atoms with E-state index in [0.717, 1.165) is 0 Å². The Kier molecular flexibility index (Phi) is 5.79. The molecule has 0 bridgehead atoms. The van der Waals surface area contributed by atoms with Crippen LogP contribution in [0, 0.1) is 0 Å². The maximum absolute atomic E-state index is 12.1. The number of para-hydroxylation sites is 1. The SMILES string of the molecule is COc1cccc(C(=O)NC(CCO)C(=O)O)c1OC. The molecule has 0 radical (unpaired) electrons. The molecule has 1 unspecified atom stereocenters. The van der Waals surface area contributed by atoms with Crippen molar-refractivity contribution >= 4 is 11.9 Å². The van der Waals surface area contributed by atoms with Crippen LogP contribution in [0.4, 0.5) is 0 Å². The highest BCUT2D eigenvalue weighted by molar-refractivity contribution is 5.99. The van der Waals surface area contributed by atoms with Crippen molar-refractivity contribution in [3.8, 4) is 11.5 Å². The second-order valence-electron chi connectivity index (χ2n) is 3.92. The fourth-order valence-electron chi connectivity index (χ4n) is 1.69. The van der Waals surface area contributed by atoms with E-state index in [2.05, 4.69) is 5.32 Å². The molecule has 0 heterocycles. The zero-order valence-electron chi connectivity index (χ0n) is 11.3. The number of hydrogen-bond donors (Lipinski definition) is 3. The lowest BCUT2D eigenvalue weighted by Gasteiger charge is -2.16. The summed E-state index contributed by atoms with van der Waals surface area (Å²) in [7, 11) is 2.82. The van der Waals surface area contributed by atoms with E-state index in [0.29, 0.717) is 5.75 Å². The first kappa shape index (κ1) is 15.8. The van der Waals surface area contributed by atoms with Crippen molar-refractivity contribution < 1.29 is 29.3 Å². The Hall–Kier alpha value is -2.28. The molecular formula is C13H17NO6. The molecule has 0 aromatic heterocycles. The highest BCUT2D eigenvalue weighted by Gasteiger charge is 2.23. The van der Waals surface area contributed by atoms with Crippen molar-refractivity contribution in [2.24, 2.45) is 0 Å². The quantitative estimate of drug-likeness (QED) is 0.663. The molecule has 0 spiro atoms. The molecule has 0 saturated carbocycles. The van der Waals surface area contributed by atoms with Crippen molar-refractivity contribution in [3.05, 3.63) is 23.8 Å². The van der Waals surface area contributed by atoms with Gasteiger partial charge in [0.15, 0.2) is 11.5 Å². The van der Waals surface area contributed by atoms with Crippen molar-refractivity contribution in [3.63, 3.8) is 0 Å². The van der Waals surface area contributed by atoms with Gasteiger partial charge in [0, 0.05) is 13.0 Å². The van der Waals surface area contributed by atoms with Crippen LogP contribution in [-0.4, -0.2) is 49.0 Å². The highest BCUT2D eigenvalue weighted by Crippen LogP contribution is 2.30. The average Bonchev–Trinajstić information content (AvgIpc) is 2.45.